The lowest BCUT2D eigenvalue weighted by Crippen LogP contribution is -2.41. The van der Waals surface area contributed by atoms with E-state index in [0.717, 1.165) is 24.1 Å². The first-order chi connectivity index (χ1) is 5.43. The summed E-state index contributed by atoms with van der Waals surface area (Å²) in [5.41, 5.74) is 0. The first kappa shape index (κ1) is 9.31. The van der Waals surface area contributed by atoms with E-state index in [9.17, 15) is 0 Å². The number of rotatable bonds is 5. The van der Waals surface area contributed by atoms with E-state index < -0.39 is 0 Å². The summed E-state index contributed by atoms with van der Waals surface area (Å²) in [4.78, 5) is 0. The number of nitrogens with one attached hydrogen (secondary N) is 1. The molecule has 0 unspecified atom stereocenters. The molecule has 0 aromatic heterocycles. The molecule has 62 valence electrons. The Labute approximate surface area is 77.1 Å². The van der Waals surface area contributed by atoms with Crippen LogP contribution >= 0.6 is 23.5 Å². The van der Waals surface area contributed by atoms with Crippen LogP contribution in [0.2, 0.25) is 0 Å². The standard InChI is InChI=1S/C8H13NS2/c1-2-4-10-5-3-9-8-6-11-7-8/h1,8-9H,3-7H2. The fourth-order valence-corrected chi connectivity index (χ4v) is 2.05. The van der Waals surface area contributed by atoms with E-state index in [4.69, 9.17) is 6.42 Å². The summed E-state index contributed by atoms with van der Waals surface area (Å²) in [7, 11) is 0. The highest BCUT2D eigenvalue weighted by Gasteiger charge is 2.15. The topological polar surface area (TPSA) is 12.0 Å². The van der Waals surface area contributed by atoms with Crippen LogP contribution in [0.25, 0.3) is 0 Å². The highest BCUT2D eigenvalue weighted by molar-refractivity contribution is 8.00. The Hall–Kier alpha value is 0.220. The molecule has 1 aliphatic heterocycles. The largest absolute Gasteiger partial charge is 0.312 e. The van der Waals surface area contributed by atoms with Crippen LogP contribution < -0.4 is 5.32 Å². The van der Waals surface area contributed by atoms with Gasteiger partial charge in [0.25, 0.3) is 0 Å². The smallest absolute Gasteiger partial charge is 0.0545 e. The molecule has 0 radical (unpaired) electrons. The van der Waals surface area contributed by atoms with Crippen LogP contribution in [0.3, 0.4) is 0 Å². The Morgan fingerprint density at radius 3 is 3.00 bits per heavy atom. The zero-order valence-electron chi connectivity index (χ0n) is 6.51. The highest BCUT2D eigenvalue weighted by atomic mass is 32.2. The maximum atomic E-state index is 5.11. The van der Waals surface area contributed by atoms with Gasteiger partial charge in [-0.2, -0.15) is 11.8 Å². The first-order valence-corrected chi connectivity index (χ1v) is 6.07. The Balaban J connectivity index is 1.77. The zero-order chi connectivity index (χ0) is 7.94. The van der Waals surface area contributed by atoms with Gasteiger partial charge in [0.15, 0.2) is 0 Å². The highest BCUT2D eigenvalue weighted by Crippen LogP contribution is 2.16. The third-order valence-corrected chi connectivity index (χ3v) is 3.64. The monoisotopic (exact) mass is 187 g/mol. The van der Waals surface area contributed by atoms with Crippen molar-refractivity contribution in [3.8, 4) is 12.3 Å². The number of hydrogen-bond acceptors (Lipinski definition) is 3. The summed E-state index contributed by atoms with van der Waals surface area (Å²) >= 11 is 3.84. The van der Waals surface area contributed by atoms with E-state index in [1.54, 1.807) is 0 Å². The Morgan fingerprint density at radius 1 is 1.64 bits per heavy atom. The molecule has 1 aliphatic rings. The molecule has 3 heteroatoms. The molecule has 0 bridgehead atoms. The van der Waals surface area contributed by atoms with Gasteiger partial charge in [-0.25, -0.2) is 0 Å². The summed E-state index contributed by atoms with van der Waals surface area (Å²) in [6.45, 7) is 1.11. The van der Waals surface area contributed by atoms with Gasteiger partial charge in [0.2, 0.25) is 0 Å². The van der Waals surface area contributed by atoms with Gasteiger partial charge in [-0.1, -0.05) is 5.92 Å². The lowest BCUT2D eigenvalue weighted by atomic mass is 10.4. The van der Waals surface area contributed by atoms with Crippen LogP contribution in [0.15, 0.2) is 0 Å². The van der Waals surface area contributed by atoms with Crippen LogP contribution in [-0.2, 0) is 0 Å². The normalized spacial score (nSPS) is 17.4. The predicted molar refractivity (Wildman–Crippen MR) is 55.3 cm³/mol. The van der Waals surface area contributed by atoms with Gasteiger partial charge in [-0.05, 0) is 0 Å². The molecular weight excluding hydrogens is 174 g/mol. The molecule has 1 rings (SSSR count). The molecule has 0 spiro atoms. The fraction of sp³-hybridized carbons (Fsp3) is 0.750. The van der Waals surface area contributed by atoms with Crippen LogP contribution in [0.4, 0.5) is 0 Å². The van der Waals surface area contributed by atoms with Crippen molar-refractivity contribution in [3.63, 3.8) is 0 Å². The number of hydrogen-bond donors (Lipinski definition) is 1. The quantitative estimate of drug-likeness (QED) is 0.510. The van der Waals surface area contributed by atoms with Crippen LogP contribution in [0, 0.1) is 12.3 Å². The summed E-state index contributed by atoms with van der Waals surface area (Å²) in [6.07, 6.45) is 5.11. The molecule has 1 N–H and O–H groups in total. The first-order valence-electron chi connectivity index (χ1n) is 3.76. The lowest BCUT2D eigenvalue weighted by molar-refractivity contribution is 0.609. The summed E-state index contributed by atoms with van der Waals surface area (Å²) in [5.74, 6) is 7.19. The van der Waals surface area contributed by atoms with Gasteiger partial charge < -0.3 is 5.32 Å². The second kappa shape index (κ2) is 5.82. The molecule has 0 amide bonds. The van der Waals surface area contributed by atoms with Crippen molar-refractivity contribution in [1.82, 2.24) is 5.32 Å². The molecule has 0 aliphatic carbocycles. The maximum Gasteiger partial charge on any atom is 0.0545 e. The molecule has 11 heavy (non-hydrogen) atoms. The summed E-state index contributed by atoms with van der Waals surface area (Å²) in [5, 5.41) is 3.47. The summed E-state index contributed by atoms with van der Waals surface area (Å²) < 4.78 is 0. The molecule has 0 aromatic rings. The maximum absolute atomic E-state index is 5.11. The third kappa shape index (κ3) is 3.95. The van der Waals surface area contributed by atoms with E-state index in [2.05, 4.69) is 11.2 Å². The minimum absolute atomic E-state index is 0.784. The van der Waals surface area contributed by atoms with Gasteiger partial charge in [-0.3, -0.25) is 0 Å². The molecule has 0 aromatic carbocycles. The van der Waals surface area contributed by atoms with E-state index in [1.807, 2.05) is 23.5 Å². The average molecular weight is 187 g/mol. The van der Waals surface area contributed by atoms with Crippen molar-refractivity contribution in [3.05, 3.63) is 0 Å². The Morgan fingerprint density at radius 2 is 2.45 bits per heavy atom. The molecule has 1 saturated heterocycles. The molecule has 1 nitrogen and oxygen atoms in total. The van der Waals surface area contributed by atoms with Gasteiger partial charge in [0, 0.05) is 29.8 Å². The average Bonchev–Trinajstić information content (AvgIpc) is 1.93. The Bertz CT molecular complexity index is 138. The second-order valence-corrected chi connectivity index (χ2v) is 4.63. The van der Waals surface area contributed by atoms with Crippen molar-refractivity contribution >= 4 is 23.5 Å². The van der Waals surface area contributed by atoms with Crippen molar-refractivity contribution < 1.29 is 0 Å². The Kier molecular flexibility index (Phi) is 4.92. The van der Waals surface area contributed by atoms with Crippen LogP contribution in [0.5, 0.6) is 0 Å². The predicted octanol–water partition coefficient (Wildman–Crippen LogP) is 1.06. The van der Waals surface area contributed by atoms with E-state index in [1.165, 1.54) is 11.5 Å². The summed E-state index contributed by atoms with van der Waals surface area (Å²) in [6, 6.07) is 0.784. The SMILES string of the molecule is C#CCSCCNC1CSC1. The number of terminal acetylenes is 1. The lowest BCUT2D eigenvalue weighted by Gasteiger charge is -2.25. The minimum atomic E-state index is 0.784. The van der Waals surface area contributed by atoms with Gasteiger partial charge in [0.05, 0.1) is 5.75 Å². The zero-order valence-corrected chi connectivity index (χ0v) is 8.14. The van der Waals surface area contributed by atoms with Crippen molar-refractivity contribution in [2.24, 2.45) is 0 Å². The van der Waals surface area contributed by atoms with Crippen molar-refractivity contribution in [1.29, 1.82) is 0 Å². The molecule has 0 saturated carbocycles. The third-order valence-electron chi connectivity index (χ3n) is 1.50. The van der Waals surface area contributed by atoms with Crippen molar-refractivity contribution in [2.75, 3.05) is 29.6 Å². The van der Waals surface area contributed by atoms with E-state index >= 15 is 0 Å². The molecule has 1 fully saturated rings. The minimum Gasteiger partial charge on any atom is -0.312 e. The number of thioether (sulfide) groups is 2. The van der Waals surface area contributed by atoms with E-state index in [-0.39, 0.29) is 0 Å². The molecule has 0 atom stereocenters. The van der Waals surface area contributed by atoms with E-state index in [0.29, 0.717) is 0 Å². The van der Waals surface area contributed by atoms with Crippen LogP contribution in [-0.4, -0.2) is 35.6 Å². The van der Waals surface area contributed by atoms with Crippen molar-refractivity contribution in [2.45, 2.75) is 6.04 Å². The van der Waals surface area contributed by atoms with Gasteiger partial charge in [-0.15, -0.1) is 18.2 Å². The molecule has 1 heterocycles. The second-order valence-electron chi connectivity index (χ2n) is 2.45. The fourth-order valence-electron chi connectivity index (χ4n) is 0.820. The van der Waals surface area contributed by atoms with Gasteiger partial charge >= 0.3 is 0 Å². The van der Waals surface area contributed by atoms with Gasteiger partial charge in [0.1, 0.15) is 0 Å². The van der Waals surface area contributed by atoms with Crippen LogP contribution in [0.1, 0.15) is 0 Å². The molecular formula is C8H13NS2.